The molecule has 1 N–H and O–H groups in total. The van der Waals surface area contributed by atoms with Gasteiger partial charge in [-0.25, -0.2) is 0 Å². The highest BCUT2D eigenvalue weighted by Crippen LogP contribution is 2.38. The van der Waals surface area contributed by atoms with E-state index >= 15 is 0 Å². The van der Waals surface area contributed by atoms with Gasteiger partial charge in [0, 0.05) is 24.5 Å². The fourth-order valence-corrected chi connectivity index (χ4v) is 3.98. The molecule has 1 spiro atoms. The molecule has 0 radical (unpaired) electrons. The molecule has 2 fully saturated rings. The molecule has 3 nitrogen and oxygen atoms in total. The minimum atomic E-state index is 0.200. The summed E-state index contributed by atoms with van der Waals surface area (Å²) in [6.45, 7) is 4.08. The zero-order chi connectivity index (χ0) is 11.1. The highest BCUT2D eigenvalue weighted by molar-refractivity contribution is 8.14. The largest absolute Gasteiger partial charge is 0.381 e. The van der Waals surface area contributed by atoms with Gasteiger partial charge < -0.3 is 10.1 Å². The first kappa shape index (κ1) is 10.9. The van der Waals surface area contributed by atoms with Gasteiger partial charge in [-0.3, -0.25) is 4.99 Å². The number of hydrogen-bond acceptors (Lipinski definition) is 4. The van der Waals surface area contributed by atoms with Gasteiger partial charge in [-0.2, -0.15) is 0 Å². The summed E-state index contributed by atoms with van der Waals surface area (Å²) in [6, 6.07) is 0. The van der Waals surface area contributed by atoms with Crippen molar-refractivity contribution >= 4 is 16.9 Å². The van der Waals surface area contributed by atoms with Crippen LogP contribution in [-0.2, 0) is 4.74 Å². The third-order valence-corrected chi connectivity index (χ3v) is 5.25. The van der Waals surface area contributed by atoms with Gasteiger partial charge in [-0.15, -0.1) is 0 Å². The molecule has 1 saturated heterocycles. The molecule has 3 rings (SSSR count). The Hall–Kier alpha value is -0.220. The summed E-state index contributed by atoms with van der Waals surface area (Å²) >= 11 is 1.91. The molecule has 0 amide bonds. The molecular formula is C12H20N2OS. The average molecular weight is 240 g/mol. The van der Waals surface area contributed by atoms with Crippen molar-refractivity contribution in [3.63, 3.8) is 0 Å². The fourth-order valence-electron chi connectivity index (χ4n) is 2.64. The maximum Gasteiger partial charge on any atom is 0.157 e. The van der Waals surface area contributed by atoms with Gasteiger partial charge in [0.25, 0.3) is 0 Å². The van der Waals surface area contributed by atoms with Crippen molar-refractivity contribution in [2.24, 2.45) is 4.99 Å². The lowest BCUT2D eigenvalue weighted by atomic mass is 9.79. The van der Waals surface area contributed by atoms with E-state index in [4.69, 9.17) is 9.73 Å². The summed E-state index contributed by atoms with van der Waals surface area (Å²) in [5, 5.41) is 4.82. The van der Waals surface area contributed by atoms with Crippen LogP contribution >= 0.6 is 11.8 Å². The van der Waals surface area contributed by atoms with Crippen LogP contribution in [-0.4, -0.2) is 35.2 Å². The summed E-state index contributed by atoms with van der Waals surface area (Å²) in [5.74, 6) is 1.15. The SMILES string of the molecule is CC1(NC2=NC3(CCOCC3)CS2)CCC1. The summed E-state index contributed by atoms with van der Waals surface area (Å²) < 4.78 is 5.43. The molecule has 0 aromatic heterocycles. The minimum Gasteiger partial charge on any atom is -0.381 e. The van der Waals surface area contributed by atoms with Crippen molar-refractivity contribution in [2.45, 2.75) is 50.1 Å². The minimum absolute atomic E-state index is 0.200. The second kappa shape index (κ2) is 3.91. The molecule has 90 valence electrons. The smallest absolute Gasteiger partial charge is 0.157 e. The van der Waals surface area contributed by atoms with E-state index in [1.807, 2.05) is 11.8 Å². The van der Waals surface area contributed by atoms with Gasteiger partial charge in [-0.1, -0.05) is 11.8 Å². The Labute approximate surface area is 101 Å². The van der Waals surface area contributed by atoms with Gasteiger partial charge in [0.15, 0.2) is 5.17 Å². The summed E-state index contributed by atoms with van der Waals surface area (Å²) in [7, 11) is 0. The van der Waals surface area contributed by atoms with Crippen LogP contribution in [0, 0.1) is 0 Å². The van der Waals surface area contributed by atoms with E-state index < -0.39 is 0 Å². The quantitative estimate of drug-likeness (QED) is 0.762. The normalized spacial score (nSPS) is 30.9. The van der Waals surface area contributed by atoms with E-state index in [1.54, 1.807) is 0 Å². The van der Waals surface area contributed by atoms with Gasteiger partial charge in [0.1, 0.15) is 0 Å². The molecule has 1 aliphatic carbocycles. The molecule has 2 aliphatic heterocycles. The van der Waals surface area contributed by atoms with E-state index in [1.165, 1.54) is 24.4 Å². The predicted octanol–water partition coefficient (Wildman–Crippen LogP) is 2.17. The van der Waals surface area contributed by atoms with Crippen molar-refractivity contribution in [2.75, 3.05) is 19.0 Å². The molecular weight excluding hydrogens is 220 g/mol. The first-order valence-electron chi connectivity index (χ1n) is 6.29. The first-order chi connectivity index (χ1) is 7.70. The Morgan fingerprint density at radius 2 is 2.00 bits per heavy atom. The van der Waals surface area contributed by atoms with Crippen LogP contribution in [0.25, 0.3) is 0 Å². The van der Waals surface area contributed by atoms with E-state index in [0.717, 1.165) is 31.8 Å². The molecule has 4 heteroatoms. The maximum atomic E-state index is 5.43. The molecule has 3 aliphatic rings. The molecule has 0 aromatic carbocycles. The Bertz CT molecular complexity index is 306. The van der Waals surface area contributed by atoms with Crippen molar-refractivity contribution in [3.05, 3.63) is 0 Å². The fraction of sp³-hybridized carbons (Fsp3) is 0.917. The molecule has 16 heavy (non-hydrogen) atoms. The van der Waals surface area contributed by atoms with E-state index in [0.29, 0.717) is 5.54 Å². The third-order valence-electron chi connectivity index (χ3n) is 4.11. The number of rotatable bonds is 1. The average Bonchev–Trinajstić information content (AvgIpc) is 2.60. The van der Waals surface area contributed by atoms with E-state index in [9.17, 15) is 0 Å². The summed E-state index contributed by atoms with van der Waals surface area (Å²) in [6.07, 6.45) is 6.15. The topological polar surface area (TPSA) is 33.6 Å². The standard InChI is InChI=1S/C12H20N2OS/c1-11(3-2-4-11)13-10-14-12(9-16-10)5-7-15-8-6-12/h2-9H2,1H3,(H,13,14). The zero-order valence-electron chi connectivity index (χ0n) is 9.92. The Morgan fingerprint density at radius 3 is 2.62 bits per heavy atom. The van der Waals surface area contributed by atoms with Crippen molar-refractivity contribution in [3.8, 4) is 0 Å². The van der Waals surface area contributed by atoms with Gasteiger partial charge in [0.2, 0.25) is 0 Å². The highest BCUT2D eigenvalue weighted by atomic mass is 32.2. The van der Waals surface area contributed by atoms with Crippen LogP contribution < -0.4 is 5.32 Å². The molecule has 0 atom stereocenters. The predicted molar refractivity (Wildman–Crippen MR) is 68.1 cm³/mol. The number of nitrogens with one attached hydrogen (secondary N) is 1. The number of hydrogen-bond donors (Lipinski definition) is 1. The number of aliphatic imine (C=N–C) groups is 1. The monoisotopic (exact) mass is 240 g/mol. The number of thioether (sulfide) groups is 1. The van der Waals surface area contributed by atoms with Crippen LogP contribution in [0.5, 0.6) is 0 Å². The maximum absolute atomic E-state index is 5.43. The highest BCUT2D eigenvalue weighted by Gasteiger charge is 2.40. The van der Waals surface area contributed by atoms with Crippen LogP contribution in [0.3, 0.4) is 0 Å². The van der Waals surface area contributed by atoms with Crippen molar-refractivity contribution < 1.29 is 4.74 Å². The van der Waals surface area contributed by atoms with Crippen molar-refractivity contribution in [1.82, 2.24) is 5.32 Å². The Morgan fingerprint density at radius 1 is 1.25 bits per heavy atom. The lowest BCUT2D eigenvalue weighted by Gasteiger charge is -2.39. The van der Waals surface area contributed by atoms with Crippen LogP contribution in [0.1, 0.15) is 39.0 Å². The number of nitrogens with zero attached hydrogens (tertiary/aromatic N) is 1. The lowest BCUT2D eigenvalue weighted by Crippen LogP contribution is -2.50. The van der Waals surface area contributed by atoms with Crippen molar-refractivity contribution in [1.29, 1.82) is 0 Å². The second-order valence-corrected chi connectivity index (χ2v) is 6.55. The summed E-state index contributed by atoms with van der Waals surface area (Å²) in [5.41, 5.74) is 0.536. The summed E-state index contributed by atoms with van der Waals surface area (Å²) in [4.78, 5) is 4.93. The van der Waals surface area contributed by atoms with Gasteiger partial charge in [-0.05, 0) is 39.0 Å². The third kappa shape index (κ3) is 1.97. The molecule has 0 bridgehead atoms. The molecule has 0 unspecified atom stereocenters. The van der Waals surface area contributed by atoms with Gasteiger partial charge >= 0.3 is 0 Å². The number of ether oxygens (including phenoxy) is 1. The molecule has 2 heterocycles. The zero-order valence-corrected chi connectivity index (χ0v) is 10.7. The van der Waals surface area contributed by atoms with Crippen LogP contribution in [0.4, 0.5) is 0 Å². The second-order valence-electron chi connectivity index (χ2n) is 5.58. The van der Waals surface area contributed by atoms with E-state index in [-0.39, 0.29) is 5.54 Å². The first-order valence-corrected chi connectivity index (χ1v) is 7.27. The molecule has 0 aromatic rings. The van der Waals surface area contributed by atoms with Gasteiger partial charge in [0.05, 0.1) is 5.54 Å². The Balaban J connectivity index is 1.66. The van der Waals surface area contributed by atoms with Crippen LogP contribution in [0.15, 0.2) is 4.99 Å². The number of amidine groups is 1. The Kier molecular flexibility index (Phi) is 2.67. The molecule has 1 saturated carbocycles. The lowest BCUT2D eigenvalue weighted by molar-refractivity contribution is 0.0623. The van der Waals surface area contributed by atoms with E-state index in [2.05, 4.69) is 12.2 Å². The van der Waals surface area contributed by atoms with Crippen LogP contribution in [0.2, 0.25) is 0 Å².